The molecule has 1 rings (SSSR count). The lowest BCUT2D eigenvalue weighted by atomic mass is 10.3. The molecule has 0 unspecified atom stereocenters. The number of hydrogen-bond acceptors (Lipinski definition) is 2. The van der Waals surface area contributed by atoms with Crippen molar-refractivity contribution in [2.45, 2.75) is 13.3 Å². The van der Waals surface area contributed by atoms with Crippen LogP contribution in [0.4, 0.5) is 0 Å². The molecular weight excluding hydrogens is 202 g/mol. The average molecular weight is 208 g/mol. The van der Waals surface area contributed by atoms with Crippen molar-refractivity contribution in [3.05, 3.63) is 19.7 Å². The van der Waals surface area contributed by atoms with E-state index in [1.807, 2.05) is 6.92 Å². The van der Waals surface area contributed by atoms with Crippen molar-refractivity contribution >= 4 is 27.5 Å². The van der Waals surface area contributed by atoms with E-state index >= 15 is 0 Å². The largest absolute Gasteiger partial charge is 0.277 e. The number of aromatic amines is 1. The standard InChI is InChI=1S/C5H6BrNOS/c1-2-3-4(6)9-7-5(3)8/h2H2,1H3,(H,7,8). The molecule has 0 aromatic carbocycles. The molecule has 1 heterocycles. The Morgan fingerprint density at radius 2 is 2.44 bits per heavy atom. The molecule has 0 atom stereocenters. The van der Waals surface area contributed by atoms with Gasteiger partial charge in [-0.05, 0) is 22.4 Å². The lowest BCUT2D eigenvalue weighted by molar-refractivity contribution is 1.10. The number of halogens is 1. The van der Waals surface area contributed by atoms with Crippen LogP contribution in [0.3, 0.4) is 0 Å². The molecule has 0 aliphatic carbocycles. The van der Waals surface area contributed by atoms with Gasteiger partial charge in [-0.25, -0.2) is 0 Å². The third-order valence-electron chi connectivity index (χ3n) is 1.10. The quantitative estimate of drug-likeness (QED) is 0.749. The molecule has 0 saturated heterocycles. The summed E-state index contributed by atoms with van der Waals surface area (Å²) < 4.78 is 3.55. The molecule has 2 nitrogen and oxygen atoms in total. The Kier molecular flexibility index (Phi) is 2.08. The predicted molar refractivity (Wildman–Crippen MR) is 42.0 cm³/mol. The third-order valence-corrected chi connectivity index (χ3v) is 2.78. The Morgan fingerprint density at radius 3 is 2.67 bits per heavy atom. The van der Waals surface area contributed by atoms with Crippen LogP contribution in [-0.2, 0) is 6.42 Å². The molecule has 0 aliphatic rings. The van der Waals surface area contributed by atoms with Crippen LogP contribution in [0.15, 0.2) is 8.58 Å². The highest BCUT2D eigenvalue weighted by Crippen LogP contribution is 2.16. The van der Waals surface area contributed by atoms with Crippen molar-refractivity contribution in [3.63, 3.8) is 0 Å². The molecule has 0 bridgehead atoms. The highest BCUT2D eigenvalue weighted by molar-refractivity contribution is 9.11. The third kappa shape index (κ3) is 1.24. The van der Waals surface area contributed by atoms with Crippen LogP contribution in [0.2, 0.25) is 0 Å². The number of nitrogens with one attached hydrogen (secondary N) is 1. The lowest BCUT2D eigenvalue weighted by Gasteiger charge is -1.82. The van der Waals surface area contributed by atoms with E-state index in [0.29, 0.717) is 0 Å². The van der Waals surface area contributed by atoms with Crippen LogP contribution in [0.1, 0.15) is 12.5 Å². The van der Waals surface area contributed by atoms with Crippen LogP contribution in [-0.4, -0.2) is 4.37 Å². The monoisotopic (exact) mass is 207 g/mol. The summed E-state index contributed by atoms with van der Waals surface area (Å²) in [4.78, 5) is 10.8. The normalized spacial score (nSPS) is 10.0. The molecule has 0 radical (unpaired) electrons. The fourth-order valence-electron chi connectivity index (χ4n) is 0.603. The van der Waals surface area contributed by atoms with Crippen molar-refractivity contribution in [1.29, 1.82) is 0 Å². The highest BCUT2D eigenvalue weighted by Gasteiger charge is 2.02. The Morgan fingerprint density at radius 1 is 1.78 bits per heavy atom. The molecule has 9 heavy (non-hydrogen) atoms. The molecular formula is C5H6BrNOS. The molecule has 1 aromatic rings. The van der Waals surface area contributed by atoms with Gasteiger partial charge in [-0.15, -0.1) is 0 Å². The maximum atomic E-state index is 10.8. The van der Waals surface area contributed by atoms with E-state index in [9.17, 15) is 4.79 Å². The maximum absolute atomic E-state index is 10.8. The molecule has 0 spiro atoms. The van der Waals surface area contributed by atoms with E-state index < -0.39 is 0 Å². The minimum atomic E-state index is 0.0365. The van der Waals surface area contributed by atoms with Gasteiger partial charge in [0.05, 0.1) is 3.79 Å². The Bertz CT molecular complexity index is 252. The van der Waals surface area contributed by atoms with Crippen LogP contribution >= 0.6 is 27.5 Å². The van der Waals surface area contributed by atoms with Crippen molar-refractivity contribution in [1.82, 2.24) is 4.37 Å². The summed E-state index contributed by atoms with van der Waals surface area (Å²) in [7, 11) is 0. The summed E-state index contributed by atoms with van der Waals surface area (Å²) in [5, 5.41) is 0. The lowest BCUT2D eigenvalue weighted by Crippen LogP contribution is -2.03. The first kappa shape index (κ1) is 7.02. The first-order valence-electron chi connectivity index (χ1n) is 2.61. The zero-order valence-electron chi connectivity index (χ0n) is 4.90. The van der Waals surface area contributed by atoms with Crippen LogP contribution < -0.4 is 5.56 Å². The highest BCUT2D eigenvalue weighted by atomic mass is 79.9. The molecule has 4 heteroatoms. The van der Waals surface area contributed by atoms with Gasteiger partial charge < -0.3 is 0 Å². The van der Waals surface area contributed by atoms with Crippen molar-refractivity contribution < 1.29 is 0 Å². The van der Waals surface area contributed by atoms with Crippen molar-refractivity contribution in [3.8, 4) is 0 Å². The summed E-state index contributed by atoms with van der Waals surface area (Å²) in [6.45, 7) is 1.96. The summed E-state index contributed by atoms with van der Waals surface area (Å²) in [6, 6.07) is 0. The fourth-order valence-corrected chi connectivity index (χ4v) is 1.97. The maximum Gasteiger partial charge on any atom is 0.262 e. The van der Waals surface area contributed by atoms with E-state index in [-0.39, 0.29) is 5.56 Å². The van der Waals surface area contributed by atoms with Gasteiger partial charge in [0.1, 0.15) is 0 Å². The first-order valence-corrected chi connectivity index (χ1v) is 4.22. The van der Waals surface area contributed by atoms with Gasteiger partial charge in [-0.3, -0.25) is 9.17 Å². The predicted octanol–water partition coefficient (Wildman–Crippen LogP) is 1.76. The van der Waals surface area contributed by atoms with E-state index in [1.54, 1.807) is 0 Å². The molecule has 0 amide bonds. The summed E-state index contributed by atoms with van der Waals surface area (Å²) in [5.74, 6) is 0. The van der Waals surface area contributed by atoms with E-state index in [2.05, 4.69) is 20.3 Å². The second kappa shape index (κ2) is 2.66. The average Bonchev–Trinajstić information content (AvgIpc) is 2.12. The number of aromatic nitrogens is 1. The zero-order valence-corrected chi connectivity index (χ0v) is 7.30. The number of hydrogen-bond donors (Lipinski definition) is 1. The smallest absolute Gasteiger partial charge is 0.262 e. The summed E-state index contributed by atoms with van der Waals surface area (Å²) in [5.41, 5.74) is 0.884. The Balaban J connectivity index is 3.23. The van der Waals surface area contributed by atoms with Crippen LogP contribution in [0.5, 0.6) is 0 Å². The molecule has 0 saturated carbocycles. The SMILES string of the molecule is CCc1c(Br)s[nH]c1=O. The zero-order chi connectivity index (χ0) is 6.85. The van der Waals surface area contributed by atoms with Crippen LogP contribution in [0, 0.1) is 0 Å². The molecule has 0 fully saturated rings. The van der Waals surface area contributed by atoms with Gasteiger partial charge in [-0.1, -0.05) is 18.5 Å². The minimum absolute atomic E-state index is 0.0365. The van der Waals surface area contributed by atoms with E-state index in [4.69, 9.17) is 0 Å². The number of H-pyrrole nitrogens is 1. The topological polar surface area (TPSA) is 32.9 Å². The van der Waals surface area contributed by atoms with Crippen molar-refractivity contribution in [2.75, 3.05) is 0 Å². The van der Waals surface area contributed by atoms with Gasteiger partial charge in [0.15, 0.2) is 0 Å². The van der Waals surface area contributed by atoms with Gasteiger partial charge >= 0.3 is 0 Å². The fraction of sp³-hybridized carbons (Fsp3) is 0.400. The van der Waals surface area contributed by atoms with Gasteiger partial charge in [-0.2, -0.15) is 0 Å². The van der Waals surface area contributed by atoms with Gasteiger partial charge in [0, 0.05) is 5.56 Å². The molecule has 1 aromatic heterocycles. The Labute approximate surface area is 65.2 Å². The summed E-state index contributed by atoms with van der Waals surface area (Å²) >= 11 is 4.60. The van der Waals surface area contributed by atoms with Crippen molar-refractivity contribution in [2.24, 2.45) is 0 Å². The molecule has 0 aliphatic heterocycles. The summed E-state index contributed by atoms with van der Waals surface area (Å²) in [6.07, 6.45) is 0.791. The molecule has 50 valence electrons. The second-order valence-corrected chi connectivity index (χ2v) is 3.77. The van der Waals surface area contributed by atoms with E-state index in [0.717, 1.165) is 15.8 Å². The Hall–Kier alpha value is -0.0900. The number of rotatable bonds is 1. The second-order valence-electron chi connectivity index (χ2n) is 1.64. The van der Waals surface area contributed by atoms with Crippen LogP contribution in [0.25, 0.3) is 0 Å². The molecule has 1 N–H and O–H groups in total. The first-order chi connectivity index (χ1) is 4.25. The van der Waals surface area contributed by atoms with E-state index in [1.165, 1.54) is 11.5 Å². The minimum Gasteiger partial charge on any atom is -0.277 e. The van der Waals surface area contributed by atoms with Gasteiger partial charge in [0.25, 0.3) is 5.56 Å². The van der Waals surface area contributed by atoms with Gasteiger partial charge in [0.2, 0.25) is 0 Å².